The molecule has 1 aromatic carbocycles. The number of amides is 2. The quantitative estimate of drug-likeness (QED) is 0.545. The van der Waals surface area contributed by atoms with Crippen molar-refractivity contribution in [3.63, 3.8) is 0 Å². The fourth-order valence-corrected chi connectivity index (χ4v) is 4.08. The normalized spacial score (nSPS) is 16.1. The number of nitrogens with zero attached hydrogens (tertiary/aromatic N) is 4. The zero-order valence-corrected chi connectivity index (χ0v) is 17.9. The van der Waals surface area contributed by atoms with Crippen LogP contribution in [0.1, 0.15) is 11.3 Å². The first-order valence-electron chi connectivity index (χ1n) is 10.7. The topological polar surface area (TPSA) is 66.4 Å². The van der Waals surface area contributed by atoms with Gasteiger partial charge in [0.2, 0.25) is 11.8 Å². The van der Waals surface area contributed by atoms with E-state index in [1.54, 1.807) is 34.5 Å². The lowest BCUT2D eigenvalue weighted by Crippen LogP contribution is -2.59. The minimum atomic E-state index is -0.549. The van der Waals surface area contributed by atoms with E-state index in [-0.39, 0.29) is 18.2 Å². The summed E-state index contributed by atoms with van der Waals surface area (Å²) in [5, 5.41) is 0. The largest absolute Gasteiger partial charge is 0.335 e. The van der Waals surface area contributed by atoms with Gasteiger partial charge in [-0.15, -0.1) is 6.58 Å². The summed E-state index contributed by atoms with van der Waals surface area (Å²) < 4.78 is 0. The van der Waals surface area contributed by atoms with Gasteiger partial charge in [-0.2, -0.15) is 0 Å². The summed E-state index contributed by atoms with van der Waals surface area (Å²) >= 11 is 0. The number of pyridine rings is 2. The van der Waals surface area contributed by atoms with Crippen LogP contribution in [0, 0.1) is 0 Å². The van der Waals surface area contributed by atoms with Crippen LogP contribution in [-0.4, -0.2) is 57.3 Å². The molecule has 6 heteroatoms. The molecule has 6 nitrogen and oxygen atoms in total. The van der Waals surface area contributed by atoms with Crippen molar-refractivity contribution in [1.29, 1.82) is 0 Å². The Labute approximate surface area is 188 Å². The maximum absolute atomic E-state index is 13.3. The molecule has 0 radical (unpaired) electrons. The van der Waals surface area contributed by atoms with Gasteiger partial charge in [0.15, 0.2) is 0 Å². The van der Waals surface area contributed by atoms with Crippen molar-refractivity contribution in [3.8, 4) is 11.1 Å². The van der Waals surface area contributed by atoms with Gasteiger partial charge in [-0.05, 0) is 41.0 Å². The molecule has 4 rings (SSSR count). The molecular weight excluding hydrogens is 400 g/mol. The molecule has 0 saturated carbocycles. The Bertz CT molecular complexity index is 1090. The highest BCUT2D eigenvalue weighted by molar-refractivity contribution is 5.90. The third-order valence-electron chi connectivity index (χ3n) is 5.68. The fraction of sp³-hybridized carbons (Fsp3) is 0.231. The SMILES string of the molecule is C=CCN1CCN(C(=O)Cc2ccccn2)[C@@H](Cc2cccc(-c3ccncc3)c2)C1=O. The van der Waals surface area contributed by atoms with Gasteiger partial charge < -0.3 is 9.80 Å². The smallest absolute Gasteiger partial charge is 0.246 e. The van der Waals surface area contributed by atoms with E-state index in [2.05, 4.69) is 22.6 Å². The summed E-state index contributed by atoms with van der Waals surface area (Å²) in [6, 6.07) is 17.0. The second-order valence-corrected chi connectivity index (χ2v) is 7.81. The Balaban J connectivity index is 1.58. The molecule has 3 aromatic rings. The van der Waals surface area contributed by atoms with Crippen molar-refractivity contribution < 1.29 is 9.59 Å². The van der Waals surface area contributed by atoms with Gasteiger partial charge >= 0.3 is 0 Å². The molecule has 0 aliphatic carbocycles. The Morgan fingerprint density at radius 2 is 1.88 bits per heavy atom. The van der Waals surface area contributed by atoms with Gasteiger partial charge in [0.1, 0.15) is 6.04 Å². The van der Waals surface area contributed by atoms with E-state index in [1.165, 1.54) is 0 Å². The standard InChI is InChI=1S/C26H26N4O2/c1-2-14-29-15-16-30(25(31)19-23-8-3-4-11-28-23)24(26(29)32)18-20-6-5-7-22(17-20)21-9-12-27-13-10-21/h2-13,17,24H,1,14-16,18-19H2/t24-/m0/s1. The van der Waals surface area contributed by atoms with Gasteiger partial charge in [0, 0.05) is 50.3 Å². The summed E-state index contributed by atoms with van der Waals surface area (Å²) in [7, 11) is 0. The maximum atomic E-state index is 13.3. The molecule has 3 heterocycles. The molecule has 2 amide bonds. The lowest BCUT2D eigenvalue weighted by atomic mass is 9.97. The van der Waals surface area contributed by atoms with Crippen LogP contribution in [0.5, 0.6) is 0 Å². The average molecular weight is 427 g/mol. The number of piperazine rings is 1. The lowest BCUT2D eigenvalue weighted by molar-refractivity contribution is -0.150. The zero-order valence-electron chi connectivity index (χ0n) is 17.9. The van der Waals surface area contributed by atoms with Crippen LogP contribution in [0.4, 0.5) is 0 Å². The Morgan fingerprint density at radius 1 is 1.03 bits per heavy atom. The number of rotatable bonds is 7. The van der Waals surface area contributed by atoms with Crippen molar-refractivity contribution >= 4 is 11.8 Å². The highest BCUT2D eigenvalue weighted by Crippen LogP contribution is 2.23. The number of carbonyl (C=O) groups is 2. The van der Waals surface area contributed by atoms with Crippen molar-refractivity contribution in [2.75, 3.05) is 19.6 Å². The number of hydrogen-bond donors (Lipinski definition) is 0. The lowest BCUT2D eigenvalue weighted by Gasteiger charge is -2.40. The first kappa shape index (κ1) is 21.4. The van der Waals surface area contributed by atoms with Crippen LogP contribution in [0.3, 0.4) is 0 Å². The van der Waals surface area contributed by atoms with Gasteiger partial charge in [-0.25, -0.2) is 0 Å². The van der Waals surface area contributed by atoms with E-state index in [0.717, 1.165) is 16.7 Å². The van der Waals surface area contributed by atoms with Gasteiger partial charge in [-0.3, -0.25) is 19.6 Å². The van der Waals surface area contributed by atoms with E-state index in [0.29, 0.717) is 31.7 Å². The summed E-state index contributed by atoms with van der Waals surface area (Å²) in [5.41, 5.74) is 3.83. The molecule has 0 unspecified atom stereocenters. The van der Waals surface area contributed by atoms with Crippen molar-refractivity contribution in [3.05, 3.63) is 97.1 Å². The summed E-state index contributed by atoms with van der Waals surface area (Å²) in [6.07, 6.45) is 7.57. The van der Waals surface area contributed by atoms with Crippen LogP contribution >= 0.6 is 0 Å². The maximum Gasteiger partial charge on any atom is 0.246 e. The molecule has 0 bridgehead atoms. The fourth-order valence-electron chi connectivity index (χ4n) is 4.08. The Kier molecular flexibility index (Phi) is 6.70. The minimum absolute atomic E-state index is 0.0418. The monoisotopic (exact) mass is 426 g/mol. The highest BCUT2D eigenvalue weighted by Gasteiger charge is 2.37. The van der Waals surface area contributed by atoms with E-state index < -0.39 is 6.04 Å². The number of hydrogen-bond acceptors (Lipinski definition) is 4. The summed E-state index contributed by atoms with van der Waals surface area (Å²) in [5.74, 6) is -0.120. The zero-order chi connectivity index (χ0) is 22.3. The van der Waals surface area contributed by atoms with Crippen LogP contribution in [-0.2, 0) is 22.4 Å². The molecular formula is C26H26N4O2. The third-order valence-corrected chi connectivity index (χ3v) is 5.68. The molecule has 1 aliphatic heterocycles. The molecule has 2 aromatic heterocycles. The molecule has 1 aliphatic rings. The average Bonchev–Trinajstić information content (AvgIpc) is 2.83. The van der Waals surface area contributed by atoms with E-state index in [9.17, 15) is 9.59 Å². The van der Waals surface area contributed by atoms with Crippen molar-refractivity contribution in [2.24, 2.45) is 0 Å². The molecule has 1 atom stereocenters. The molecule has 1 fully saturated rings. The first-order valence-corrected chi connectivity index (χ1v) is 10.7. The van der Waals surface area contributed by atoms with E-state index in [1.807, 2.05) is 48.5 Å². The summed E-state index contributed by atoms with van der Waals surface area (Å²) in [4.78, 5) is 38.3. The molecule has 0 N–H and O–H groups in total. The Morgan fingerprint density at radius 3 is 2.62 bits per heavy atom. The molecule has 162 valence electrons. The molecule has 1 saturated heterocycles. The van der Waals surface area contributed by atoms with Crippen LogP contribution in [0.15, 0.2) is 85.8 Å². The number of benzene rings is 1. The predicted octanol–water partition coefficient (Wildman–Crippen LogP) is 3.15. The van der Waals surface area contributed by atoms with Gasteiger partial charge in [0.25, 0.3) is 0 Å². The second kappa shape index (κ2) is 10.0. The van der Waals surface area contributed by atoms with Crippen LogP contribution < -0.4 is 0 Å². The number of carbonyl (C=O) groups excluding carboxylic acids is 2. The van der Waals surface area contributed by atoms with Crippen molar-refractivity contribution in [2.45, 2.75) is 18.9 Å². The predicted molar refractivity (Wildman–Crippen MR) is 124 cm³/mol. The van der Waals surface area contributed by atoms with Crippen molar-refractivity contribution in [1.82, 2.24) is 19.8 Å². The highest BCUT2D eigenvalue weighted by atomic mass is 16.2. The summed E-state index contributed by atoms with van der Waals surface area (Å²) in [6.45, 7) is 5.25. The first-order chi connectivity index (χ1) is 15.7. The molecule has 32 heavy (non-hydrogen) atoms. The third kappa shape index (κ3) is 4.91. The molecule has 0 spiro atoms. The van der Waals surface area contributed by atoms with Gasteiger partial charge in [0.05, 0.1) is 6.42 Å². The minimum Gasteiger partial charge on any atom is -0.335 e. The number of aromatic nitrogens is 2. The Hall–Kier alpha value is -3.80. The van der Waals surface area contributed by atoms with Crippen LogP contribution in [0.25, 0.3) is 11.1 Å². The van der Waals surface area contributed by atoms with Crippen LogP contribution in [0.2, 0.25) is 0 Å². The van der Waals surface area contributed by atoms with E-state index in [4.69, 9.17) is 0 Å². The van der Waals surface area contributed by atoms with Gasteiger partial charge in [-0.1, -0.05) is 36.4 Å². The second-order valence-electron chi connectivity index (χ2n) is 7.81. The van der Waals surface area contributed by atoms with E-state index >= 15 is 0 Å².